The number of carbonyl (C=O) groups excluding carboxylic acids is 6. The number of ether oxygens (including phenoxy) is 2. The monoisotopic (exact) mass is 1850 g/mol. The van der Waals surface area contributed by atoms with Crippen molar-refractivity contribution in [2.24, 2.45) is 5.73 Å². The van der Waals surface area contributed by atoms with Gasteiger partial charge in [0.25, 0.3) is 63.2 Å². The van der Waals surface area contributed by atoms with Crippen LogP contribution in [0.5, 0.6) is 40.2 Å². The highest BCUT2D eigenvalue weighted by Gasteiger charge is 2.32. The first-order valence-electron chi connectivity index (χ1n) is 36.8. The molecule has 17 N–H and O–H groups in total. The molecule has 0 bridgehead atoms. The summed E-state index contributed by atoms with van der Waals surface area (Å²) in [5.41, 5.74) is -2.25. The Balaban J connectivity index is 0.000000201. The molecule has 6 aromatic heterocycles. The average Bonchev–Trinajstić information content (AvgIpc) is 2.05. The van der Waals surface area contributed by atoms with E-state index in [0.717, 1.165) is 24.4 Å². The molecular weight excluding hydrogens is 1780 g/mol. The SMILES string of the molecule is C=CCOn1c(=O)c(C(=O)NCC(=O)O)c(O)c2cccc(OC)c21.CCOn1c(=O)c(C(=O)NCC(=O)O)c(O)c2cccc(OC)c21.NC(=O)COn1c(=O)c(C(=O)NCC(=O)O)c(O)c2ccccc21.O=C(O)CNC(=O)c1c(O)c2cc(Cl)ccc2n(OCc2nc3ccccc3s2)c1=O.O=C(O)CNC(=O)c1c(O)c2ccccc2n(OCCC(F)(F)F)c1=O. The summed E-state index contributed by atoms with van der Waals surface area (Å²) in [7, 11) is 2.77. The van der Waals surface area contributed by atoms with Gasteiger partial charge in [0.15, 0.2) is 41.0 Å². The molecule has 45 nitrogen and oxygen atoms in total. The maximum absolute atomic E-state index is 13.0. The number of pyridine rings is 5. The van der Waals surface area contributed by atoms with Crippen molar-refractivity contribution in [1.29, 1.82) is 0 Å². The molecule has 12 aromatic rings. The summed E-state index contributed by atoms with van der Waals surface area (Å²) in [5.74, 6) is -15.5. The summed E-state index contributed by atoms with van der Waals surface area (Å²) in [6, 6.07) is 32.5. The number of aromatic hydroxyl groups is 5. The van der Waals surface area contributed by atoms with Crippen LogP contribution in [-0.2, 0) is 35.4 Å². The third-order valence-corrected chi connectivity index (χ3v) is 18.3. The minimum absolute atomic E-state index is 0.0282. The molecule has 0 atom stereocenters. The maximum Gasteiger partial charge on any atom is 0.392 e. The number of para-hydroxylation sites is 5. The molecule has 6 aromatic carbocycles. The van der Waals surface area contributed by atoms with Crippen LogP contribution in [-0.4, -0.2) is 225 Å². The predicted molar refractivity (Wildman–Crippen MR) is 449 cm³/mol. The van der Waals surface area contributed by atoms with Crippen LogP contribution in [0.3, 0.4) is 0 Å². The second kappa shape index (κ2) is 43.9. The molecule has 684 valence electrons. The number of aromatic nitrogens is 6. The van der Waals surface area contributed by atoms with E-state index in [4.69, 9.17) is 76.5 Å². The van der Waals surface area contributed by atoms with Crippen LogP contribution < -0.4 is 93.8 Å². The summed E-state index contributed by atoms with van der Waals surface area (Å²) in [6.45, 7) is -0.0852. The number of hydrogen-bond donors (Lipinski definition) is 16. The largest absolute Gasteiger partial charge is 0.506 e. The van der Waals surface area contributed by atoms with Crippen LogP contribution in [0, 0.1) is 0 Å². The number of hydrogen-bond acceptors (Lipinski definition) is 30. The van der Waals surface area contributed by atoms with Gasteiger partial charge in [0, 0.05) is 32.0 Å². The van der Waals surface area contributed by atoms with E-state index in [-0.39, 0.29) is 90.9 Å². The number of carboxylic acids is 5. The zero-order valence-corrected chi connectivity index (χ0v) is 68.8. The molecular formula is C80H72ClF3N12O33S. The van der Waals surface area contributed by atoms with Crippen LogP contribution >= 0.6 is 22.9 Å². The maximum atomic E-state index is 13.0. The van der Waals surface area contributed by atoms with E-state index in [1.165, 1.54) is 98.4 Å². The highest BCUT2D eigenvalue weighted by Crippen LogP contribution is 2.36. The van der Waals surface area contributed by atoms with Crippen molar-refractivity contribution in [2.75, 3.05) is 73.4 Å². The van der Waals surface area contributed by atoms with Gasteiger partial charge in [-0.25, -0.2) is 4.98 Å². The normalized spacial score (nSPS) is 10.7. The summed E-state index contributed by atoms with van der Waals surface area (Å²) in [5, 5.41) is 106. The first kappa shape index (κ1) is 98.3. The van der Waals surface area contributed by atoms with Crippen molar-refractivity contribution in [3.63, 3.8) is 0 Å². The fourth-order valence-electron chi connectivity index (χ4n) is 11.6. The molecule has 0 unspecified atom stereocenters. The Bertz CT molecular complexity index is 6780. The second-order valence-electron chi connectivity index (χ2n) is 25.7. The number of benzene rings is 6. The first-order valence-corrected chi connectivity index (χ1v) is 38.0. The summed E-state index contributed by atoms with van der Waals surface area (Å²) in [6.07, 6.45) is -4.46. The van der Waals surface area contributed by atoms with Crippen LogP contribution in [0.25, 0.3) is 64.7 Å². The van der Waals surface area contributed by atoms with Crippen LogP contribution in [0.1, 0.15) is 70.1 Å². The Morgan fingerprint density at radius 2 is 0.815 bits per heavy atom. The number of carboxylic acid groups (broad SMARTS) is 5. The summed E-state index contributed by atoms with van der Waals surface area (Å²) in [4.78, 5) is 218. The highest BCUT2D eigenvalue weighted by molar-refractivity contribution is 7.18. The van der Waals surface area contributed by atoms with E-state index in [0.29, 0.717) is 14.5 Å². The van der Waals surface area contributed by atoms with Gasteiger partial charge in [0.1, 0.15) is 109 Å². The number of nitrogens with two attached hydrogens (primary N) is 1. The van der Waals surface area contributed by atoms with Gasteiger partial charge in [-0.05, 0) is 85.8 Å². The van der Waals surface area contributed by atoms with Crippen molar-refractivity contribution >= 4 is 153 Å². The minimum atomic E-state index is -4.52. The van der Waals surface area contributed by atoms with Gasteiger partial charge < -0.3 is 117 Å². The number of halogens is 4. The van der Waals surface area contributed by atoms with Gasteiger partial charge in [-0.15, -0.1) is 35.0 Å². The van der Waals surface area contributed by atoms with E-state index < -0.39 is 208 Å². The van der Waals surface area contributed by atoms with Crippen molar-refractivity contribution in [1.82, 2.24) is 55.2 Å². The van der Waals surface area contributed by atoms with Gasteiger partial charge in [-0.1, -0.05) is 72.8 Å². The van der Waals surface area contributed by atoms with E-state index in [2.05, 4.69) is 16.9 Å². The molecule has 50 heteroatoms. The lowest BCUT2D eigenvalue weighted by molar-refractivity contribution is -0.145. The average molecular weight is 1850 g/mol. The quantitative estimate of drug-likeness (QED) is 0.0276. The zero-order chi connectivity index (χ0) is 95.9. The molecule has 0 fully saturated rings. The zero-order valence-electron chi connectivity index (χ0n) is 67.2. The minimum Gasteiger partial charge on any atom is -0.506 e. The molecule has 0 radical (unpaired) electrons. The number of nitrogens with zero attached hydrogens (tertiary/aromatic N) is 6. The van der Waals surface area contributed by atoms with E-state index in [1.807, 2.05) is 45.5 Å². The Labute approximate surface area is 730 Å². The smallest absolute Gasteiger partial charge is 0.392 e. The summed E-state index contributed by atoms with van der Waals surface area (Å²) < 4.78 is 51.8. The van der Waals surface area contributed by atoms with Gasteiger partial charge in [-0.3, -0.25) is 76.7 Å². The number of aliphatic carboxylic acids is 5. The fourth-order valence-corrected chi connectivity index (χ4v) is 12.6. The third-order valence-electron chi connectivity index (χ3n) is 17.0. The molecule has 0 saturated carbocycles. The number of nitrogens with one attached hydrogen (secondary N) is 5. The third kappa shape index (κ3) is 23.6. The molecule has 130 heavy (non-hydrogen) atoms. The van der Waals surface area contributed by atoms with Crippen molar-refractivity contribution in [2.45, 2.75) is 26.1 Å². The molecule has 0 saturated heterocycles. The number of alkyl halides is 3. The lowest BCUT2D eigenvalue weighted by Crippen LogP contribution is -2.39. The van der Waals surface area contributed by atoms with E-state index in [1.54, 1.807) is 43.3 Å². The number of amides is 6. The van der Waals surface area contributed by atoms with Crippen LogP contribution in [0.4, 0.5) is 13.2 Å². The standard InChI is InChI=1S/C20H14ClN3O6S.C16H16N2O7.C15H13F3N2O6.C15H16N2O7.C14H13N3O7/c21-10-5-6-13-11(7-10)18(27)17(19(28)22-8-16(25)26)20(29)24(13)30-9-15-23-12-3-1-2-4-14(12)31-15;1-3-7-25-18-13-9(5-4-6-10(13)24-2)14(21)12(16(18)23)15(22)17-8-11(19)20;16-15(17,18)5-6-26-20-9-4-2-1-3-8(9)12(23)11(14(20)25)13(24)19-7-10(21)22;1-3-24-17-12-8(5-4-6-9(12)23-2)13(20)11(15(17)22)14(21)16-7-10(18)19;15-9(18)6-24-17-8-4-2-1-3-7(8)12(21)11(14(17)23)13(22)16-5-10(19)20/h1-7,27H,8-9H2,(H,22,28)(H,25,26);3-6,21H,1,7-8H2,2H3,(H,17,22)(H,19,20);1-4,23H,5-7H2,(H,19,24)(H,21,22);4-6,20H,3,7H2,1-2H3,(H,16,21)(H,18,19);1-4,21H,5-6H2,(H2,15,18)(H,16,22)(H,19,20). The second-order valence-corrected chi connectivity index (χ2v) is 27.2. The number of carbonyl (C=O) groups is 11. The Morgan fingerprint density at radius 3 is 1.20 bits per heavy atom. The number of rotatable bonds is 31. The van der Waals surface area contributed by atoms with Crippen molar-refractivity contribution < 1.29 is 151 Å². The summed E-state index contributed by atoms with van der Waals surface area (Å²) >= 11 is 7.40. The Hall–Kier alpha value is -17.2. The van der Waals surface area contributed by atoms with Crippen LogP contribution in [0.2, 0.25) is 5.02 Å². The van der Waals surface area contributed by atoms with E-state index in [9.17, 15) is 115 Å². The topological polar surface area (TPSA) is 664 Å². The van der Waals surface area contributed by atoms with Crippen LogP contribution in [0.15, 0.2) is 164 Å². The lowest BCUT2D eigenvalue weighted by Gasteiger charge is -2.16. The Kier molecular flexibility index (Phi) is 33.2. The molecule has 0 aliphatic heterocycles. The number of methoxy groups -OCH3 is 2. The molecule has 0 spiro atoms. The number of fused-ring (bicyclic) bond motifs is 6. The lowest BCUT2D eigenvalue weighted by atomic mass is 10.1. The van der Waals surface area contributed by atoms with Crippen molar-refractivity contribution in [3.05, 3.63) is 230 Å². The van der Waals surface area contributed by atoms with Gasteiger partial charge in [-0.2, -0.15) is 13.2 Å². The first-order chi connectivity index (χ1) is 61.6. The molecule has 12 rings (SSSR count). The number of thiazole rings is 1. The van der Waals surface area contributed by atoms with E-state index >= 15 is 0 Å². The molecule has 6 amide bonds. The molecule has 0 aliphatic rings. The molecule has 0 aliphatic carbocycles. The van der Waals surface area contributed by atoms with Crippen molar-refractivity contribution in [3.8, 4) is 40.2 Å². The highest BCUT2D eigenvalue weighted by atomic mass is 35.5. The van der Waals surface area contributed by atoms with Gasteiger partial charge in [0.05, 0.1) is 47.4 Å². The molecule has 6 heterocycles. The van der Waals surface area contributed by atoms with Gasteiger partial charge >= 0.3 is 36.0 Å². The number of primary amides is 1. The Morgan fingerprint density at radius 1 is 0.462 bits per heavy atom. The fraction of sp³-hybridized carbons (Fsp3) is 0.188. The van der Waals surface area contributed by atoms with Gasteiger partial charge in [0.2, 0.25) is 0 Å². The predicted octanol–water partition coefficient (Wildman–Crippen LogP) is 1.87.